The van der Waals surface area contributed by atoms with E-state index < -0.39 is 11.1 Å². The first-order valence-electron chi connectivity index (χ1n) is 8.94. The SMILES string of the molecule is Cn1c(CO)cc2cc(OCc3cc(-c4ccccc4)c(C(F)(F)F)s3)ccc21. The van der Waals surface area contributed by atoms with E-state index in [0.717, 1.165) is 16.6 Å². The quantitative estimate of drug-likeness (QED) is 0.432. The van der Waals surface area contributed by atoms with Crippen molar-refractivity contribution in [2.24, 2.45) is 7.05 Å². The molecule has 29 heavy (non-hydrogen) atoms. The van der Waals surface area contributed by atoms with Crippen molar-refractivity contribution in [2.75, 3.05) is 0 Å². The number of benzene rings is 2. The third kappa shape index (κ3) is 3.88. The predicted molar refractivity (Wildman–Crippen MR) is 108 cm³/mol. The summed E-state index contributed by atoms with van der Waals surface area (Å²) in [6, 6.07) is 17.4. The molecule has 0 atom stereocenters. The average Bonchev–Trinajstić information content (AvgIpc) is 3.28. The highest BCUT2D eigenvalue weighted by atomic mass is 32.1. The lowest BCUT2D eigenvalue weighted by molar-refractivity contribution is -0.133. The number of thiophene rings is 1. The van der Waals surface area contributed by atoms with Gasteiger partial charge in [0.15, 0.2) is 0 Å². The van der Waals surface area contributed by atoms with Crippen LogP contribution in [0.1, 0.15) is 15.4 Å². The average molecular weight is 417 g/mol. The van der Waals surface area contributed by atoms with Crippen molar-refractivity contribution >= 4 is 22.2 Å². The van der Waals surface area contributed by atoms with Crippen LogP contribution < -0.4 is 4.74 Å². The summed E-state index contributed by atoms with van der Waals surface area (Å²) in [6.07, 6.45) is -4.42. The van der Waals surface area contributed by atoms with Gasteiger partial charge in [-0.3, -0.25) is 0 Å². The molecule has 7 heteroatoms. The van der Waals surface area contributed by atoms with Crippen molar-refractivity contribution in [3.05, 3.63) is 76.1 Å². The fourth-order valence-corrected chi connectivity index (χ4v) is 4.30. The third-order valence-corrected chi connectivity index (χ3v) is 5.94. The van der Waals surface area contributed by atoms with Gasteiger partial charge in [-0.1, -0.05) is 30.3 Å². The molecule has 0 radical (unpaired) electrons. The molecule has 150 valence electrons. The summed E-state index contributed by atoms with van der Waals surface area (Å²) in [6.45, 7) is -0.0230. The van der Waals surface area contributed by atoms with Gasteiger partial charge in [0.05, 0.1) is 6.61 Å². The number of rotatable bonds is 5. The van der Waals surface area contributed by atoms with E-state index >= 15 is 0 Å². The van der Waals surface area contributed by atoms with Crippen LogP contribution in [0, 0.1) is 0 Å². The first-order chi connectivity index (χ1) is 13.9. The Morgan fingerprint density at radius 3 is 2.48 bits per heavy atom. The van der Waals surface area contributed by atoms with Crippen molar-refractivity contribution in [3.8, 4) is 16.9 Å². The first kappa shape index (κ1) is 19.5. The number of hydrogen-bond donors (Lipinski definition) is 1. The number of aryl methyl sites for hydroxylation is 1. The third-order valence-electron chi connectivity index (χ3n) is 4.78. The molecule has 0 aliphatic carbocycles. The molecule has 0 saturated carbocycles. The van der Waals surface area contributed by atoms with Gasteiger partial charge in [0.2, 0.25) is 0 Å². The topological polar surface area (TPSA) is 34.4 Å². The molecule has 2 heterocycles. The van der Waals surface area contributed by atoms with E-state index in [1.807, 2.05) is 29.8 Å². The maximum Gasteiger partial charge on any atom is 0.426 e. The van der Waals surface area contributed by atoms with Crippen molar-refractivity contribution in [1.82, 2.24) is 4.57 Å². The predicted octanol–water partition coefficient (Wildman–Crippen LogP) is 6.00. The van der Waals surface area contributed by atoms with E-state index in [0.29, 0.717) is 27.5 Å². The fraction of sp³-hybridized carbons (Fsp3) is 0.182. The van der Waals surface area contributed by atoms with Gasteiger partial charge in [-0.05, 0) is 35.9 Å². The Bertz CT molecular complexity index is 1150. The lowest BCUT2D eigenvalue weighted by Gasteiger charge is -2.07. The van der Waals surface area contributed by atoms with E-state index in [1.54, 1.807) is 42.5 Å². The minimum Gasteiger partial charge on any atom is -0.488 e. The van der Waals surface area contributed by atoms with Crippen LogP contribution in [-0.2, 0) is 26.4 Å². The van der Waals surface area contributed by atoms with Crippen molar-refractivity contribution in [2.45, 2.75) is 19.4 Å². The molecule has 0 amide bonds. The smallest absolute Gasteiger partial charge is 0.426 e. The van der Waals surface area contributed by atoms with Crippen LogP contribution in [0.2, 0.25) is 0 Å². The second-order valence-corrected chi connectivity index (χ2v) is 7.82. The van der Waals surface area contributed by atoms with Gasteiger partial charge in [-0.15, -0.1) is 11.3 Å². The molecule has 0 aliphatic rings. The Hall–Kier alpha value is -2.77. The summed E-state index contributed by atoms with van der Waals surface area (Å²) in [7, 11) is 1.86. The van der Waals surface area contributed by atoms with E-state index in [-0.39, 0.29) is 18.8 Å². The highest BCUT2D eigenvalue weighted by molar-refractivity contribution is 7.12. The number of aromatic nitrogens is 1. The molecule has 3 nitrogen and oxygen atoms in total. The second-order valence-electron chi connectivity index (χ2n) is 6.68. The molecule has 0 fully saturated rings. The molecular formula is C22H18F3NO2S. The molecule has 0 bridgehead atoms. The summed E-state index contributed by atoms with van der Waals surface area (Å²) < 4.78 is 48.2. The van der Waals surface area contributed by atoms with Gasteiger partial charge in [0.25, 0.3) is 0 Å². The summed E-state index contributed by atoms with van der Waals surface area (Å²) in [5.41, 5.74) is 2.43. The summed E-state index contributed by atoms with van der Waals surface area (Å²) in [4.78, 5) is -0.117. The zero-order chi connectivity index (χ0) is 20.6. The number of aliphatic hydroxyl groups is 1. The molecule has 0 aliphatic heterocycles. The lowest BCUT2D eigenvalue weighted by Crippen LogP contribution is -2.03. The zero-order valence-electron chi connectivity index (χ0n) is 15.5. The second kappa shape index (κ2) is 7.57. The van der Waals surface area contributed by atoms with Gasteiger partial charge in [0, 0.05) is 34.1 Å². The number of ether oxygens (including phenoxy) is 1. The van der Waals surface area contributed by atoms with Crippen LogP contribution in [0.25, 0.3) is 22.0 Å². The summed E-state index contributed by atoms with van der Waals surface area (Å²) in [5.74, 6) is 0.566. The maximum atomic E-state index is 13.5. The highest BCUT2D eigenvalue weighted by Gasteiger charge is 2.36. The Labute approximate surface area is 169 Å². The normalized spacial score (nSPS) is 11.9. The monoisotopic (exact) mass is 417 g/mol. The molecule has 0 saturated heterocycles. The van der Waals surface area contributed by atoms with Crippen molar-refractivity contribution in [3.63, 3.8) is 0 Å². The molecular weight excluding hydrogens is 399 g/mol. The fourth-order valence-electron chi connectivity index (χ4n) is 3.34. The molecule has 0 spiro atoms. The highest BCUT2D eigenvalue weighted by Crippen LogP contribution is 2.43. The number of nitrogens with zero attached hydrogens (tertiary/aromatic N) is 1. The standard InChI is InChI=1S/C22H18F3NO2S/c1-26-16(12-27)9-15-10-17(7-8-20(15)26)28-13-18-11-19(14-5-3-2-4-6-14)21(29-18)22(23,24)25/h2-11,27H,12-13H2,1H3. The summed E-state index contributed by atoms with van der Waals surface area (Å²) >= 11 is 0.707. The molecule has 1 N–H and O–H groups in total. The van der Waals surface area contributed by atoms with Gasteiger partial charge >= 0.3 is 6.18 Å². The van der Waals surface area contributed by atoms with Gasteiger partial charge < -0.3 is 14.4 Å². The molecule has 0 unspecified atom stereocenters. The zero-order valence-corrected chi connectivity index (χ0v) is 16.3. The molecule has 2 aromatic heterocycles. The number of aliphatic hydroxyl groups excluding tert-OH is 1. The summed E-state index contributed by atoms with van der Waals surface area (Å²) in [5, 5.41) is 10.3. The first-order valence-corrected chi connectivity index (χ1v) is 9.76. The van der Waals surface area contributed by atoms with E-state index in [2.05, 4.69) is 0 Å². The number of alkyl halides is 3. The molecule has 4 rings (SSSR count). The van der Waals surface area contributed by atoms with Gasteiger partial charge in [0.1, 0.15) is 17.2 Å². The van der Waals surface area contributed by atoms with Crippen LogP contribution in [0.15, 0.2) is 60.7 Å². The van der Waals surface area contributed by atoms with E-state index in [4.69, 9.17) is 4.74 Å². The lowest BCUT2D eigenvalue weighted by atomic mass is 10.1. The Kier molecular flexibility index (Phi) is 5.10. The van der Waals surface area contributed by atoms with E-state index in [9.17, 15) is 18.3 Å². The maximum absolute atomic E-state index is 13.5. The molecule has 4 aromatic rings. The van der Waals surface area contributed by atoms with Gasteiger partial charge in [-0.25, -0.2) is 0 Å². The Balaban J connectivity index is 1.60. The number of hydrogen-bond acceptors (Lipinski definition) is 3. The van der Waals surface area contributed by atoms with Gasteiger partial charge in [-0.2, -0.15) is 13.2 Å². The van der Waals surface area contributed by atoms with Crippen molar-refractivity contribution < 1.29 is 23.0 Å². The minimum absolute atomic E-state index is 0.0474. The van der Waals surface area contributed by atoms with Crippen LogP contribution in [-0.4, -0.2) is 9.67 Å². The van der Waals surface area contributed by atoms with Crippen LogP contribution >= 0.6 is 11.3 Å². The van der Waals surface area contributed by atoms with Crippen LogP contribution in [0.5, 0.6) is 5.75 Å². The van der Waals surface area contributed by atoms with Crippen LogP contribution in [0.3, 0.4) is 0 Å². The Morgan fingerprint density at radius 1 is 1.03 bits per heavy atom. The number of fused-ring (bicyclic) bond motifs is 1. The molecule has 2 aromatic carbocycles. The number of halogens is 3. The largest absolute Gasteiger partial charge is 0.488 e. The minimum atomic E-state index is -4.42. The van der Waals surface area contributed by atoms with Crippen LogP contribution in [0.4, 0.5) is 13.2 Å². The van der Waals surface area contributed by atoms with Crippen molar-refractivity contribution in [1.29, 1.82) is 0 Å². The van der Waals surface area contributed by atoms with E-state index in [1.165, 1.54) is 0 Å². The Morgan fingerprint density at radius 2 is 1.79 bits per heavy atom.